The molecule has 2 aromatic carbocycles. The van der Waals surface area contributed by atoms with Gasteiger partial charge in [0.05, 0.1) is 22.1 Å². The Balaban J connectivity index is 0.000000336. The fourth-order valence-corrected chi connectivity index (χ4v) is 3.32. The van der Waals surface area contributed by atoms with Gasteiger partial charge in [0.25, 0.3) is 17.4 Å². The maximum Gasteiger partial charge on any atom is 0.339 e. The van der Waals surface area contributed by atoms with Gasteiger partial charge >= 0.3 is 5.20 Å². The van der Waals surface area contributed by atoms with Crippen LogP contribution in [0.15, 0.2) is 78.6 Å². The van der Waals surface area contributed by atoms with Crippen LogP contribution in [0, 0.1) is 0 Å². The number of halogens is 8. The third-order valence-corrected chi connectivity index (χ3v) is 4.89. The highest BCUT2D eigenvalue weighted by Crippen LogP contribution is 2.61. The van der Waals surface area contributed by atoms with Gasteiger partial charge in [-0.2, -0.15) is 17.6 Å². The number of fused-ring (bicyclic) bond motifs is 2. The molecule has 15 heteroatoms. The second-order valence-electron chi connectivity index (χ2n) is 7.58. The first-order chi connectivity index (χ1) is 18.1. The molecule has 6 nitrogen and oxygen atoms in total. The van der Waals surface area contributed by atoms with Crippen molar-refractivity contribution in [1.29, 1.82) is 0 Å². The largest absolute Gasteiger partial charge is 0.339 e. The summed E-state index contributed by atoms with van der Waals surface area (Å²) in [5.74, 6) is -6.44. The van der Waals surface area contributed by atoms with Crippen LogP contribution in [0.5, 0.6) is 0 Å². The monoisotopic (exact) mass is 658 g/mol. The minimum atomic E-state index is -3.29. The summed E-state index contributed by atoms with van der Waals surface area (Å²) >= 11 is 19.6. The molecule has 0 atom stereocenters. The summed E-state index contributed by atoms with van der Waals surface area (Å²) in [6.45, 7) is 6.54. The molecule has 0 fully saturated rings. The van der Waals surface area contributed by atoms with Gasteiger partial charge in [-0.1, -0.05) is 55.4 Å². The second-order valence-corrected chi connectivity index (χ2v) is 14.6. The SMILES string of the molecule is C.C=CCC(F)(F)c1nc2ccccc2[nH]c1=O.C=CCC(F)(F)c1nc2ccccc2nc1Cl.O=P(Cl)(Cl)Cl. The number of nitrogens with zero attached hydrogens (tertiary/aromatic N) is 3. The Bertz CT molecular complexity index is 1570. The summed E-state index contributed by atoms with van der Waals surface area (Å²) in [6.07, 6.45) is 1.07. The van der Waals surface area contributed by atoms with E-state index >= 15 is 0 Å². The van der Waals surface area contributed by atoms with E-state index in [0.29, 0.717) is 22.1 Å². The van der Waals surface area contributed by atoms with Gasteiger partial charge in [0.2, 0.25) is 0 Å². The van der Waals surface area contributed by atoms with Crippen molar-refractivity contribution in [2.45, 2.75) is 32.1 Å². The van der Waals surface area contributed by atoms with Gasteiger partial charge < -0.3 is 4.98 Å². The van der Waals surface area contributed by atoms with Gasteiger partial charge in [0.1, 0.15) is 5.69 Å². The molecule has 216 valence electrons. The van der Waals surface area contributed by atoms with E-state index in [2.05, 4.69) is 66.8 Å². The lowest BCUT2D eigenvalue weighted by atomic mass is 10.1. The minimum absolute atomic E-state index is 0. The number of H-pyrrole nitrogens is 1. The highest BCUT2D eigenvalue weighted by Gasteiger charge is 2.36. The molecule has 0 amide bonds. The first-order valence-corrected chi connectivity index (χ1v) is 15.5. The Labute approximate surface area is 246 Å². The predicted molar refractivity (Wildman–Crippen MR) is 156 cm³/mol. The lowest BCUT2D eigenvalue weighted by Crippen LogP contribution is -2.26. The number of alkyl halides is 4. The zero-order valence-corrected chi connectivity index (χ0v) is 23.6. The summed E-state index contributed by atoms with van der Waals surface area (Å²) in [4.78, 5) is 25.4. The van der Waals surface area contributed by atoms with Gasteiger partial charge in [-0.05, 0) is 58.0 Å². The van der Waals surface area contributed by atoms with E-state index in [0.717, 1.165) is 12.2 Å². The number of benzene rings is 2. The van der Waals surface area contributed by atoms with Gasteiger partial charge in [-0.15, -0.1) is 13.2 Å². The maximum absolute atomic E-state index is 13.7. The predicted octanol–water partition coefficient (Wildman–Crippen LogP) is 9.99. The Morgan fingerprint density at radius 2 is 1.20 bits per heavy atom. The molecule has 0 bridgehead atoms. The molecule has 0 saturated heterocycles. The average Bonchev–Trinajstić information content (AvgIpc) is 2.82. The Hall–Kier alpha value is -2.49. The van der Waals surface area contributed by atoms with Crippen molar-refractivity contribution < 1.29 is 22.1 Å². The van der Waals surface area contributed by atoms with Crippen molar-refractivity contribution in [3.05, 3.63) is 101 Å². The van der Waals surface area contributed by atoms with Crippen molar-refractivity contribution in [1.82, 2.24) is 19.9 Å². The van der Waals surface area contributed by atoms with Gasteiger partial charge in [-0.3, -0.25) is 9.36 Å². The van der Waals surface area contributed by atoms with E-state index in [9.17, 15) is 26.9 Å². The summed E-state index contributed by atoms with van der Waals surface area (Å²) in [5.41, 5.74) is -0.461. The molecule has 2 aromatic heterocycles. The molecule has 4 aromatic rings. The zero-order valence-electron chi connectivity index (χ0n) is 19.7. The number of aromatic amines is 1. The molecule has 2 heterocycles. The van der Waals surface area contributed by atoms with Crippen molar-refractivity contribution >= 4 is 72.6 Å². The van der Waals surface area contributed by atoms with E-state index < -0.39 is 46.8 Å². The Morgan fingerprint density at radius 3 is 1.70 bits per heavy atom. The second kappa shape index (κ2) is 14.9. The fraction of sp³-hybridized carbons (Fsp3) is 0.200. The van der Waals surface area contributed by atoms with Crippen LogP contribution in [0.25, 0.3) is 22.1 Å². The lowest BCUT2D eigenvalue weighted by Gasteiger charge is -2.14. The standard InChI is InChI=1S/C12H9ClF2N2.C12H10F2N2O.CH4.Cl3OP/c1-2-7-12(14,15)10-11(13)17-9-6-4-3-5-8(9)16-10;1-2-7-12(13,14)10-11(17)16-9-6-4-3-5-8(9)15-10;;1-5(2,3)4/h2-6H,1,7H2;2-6H,1,7H2,(H,16,17);1H4;. The summed E-state index contributed by atoms with van der Waals surface area (Å²) in [6, 6.07) is 13.3. The van der Waals surface area contributed by atoms with Crippen molar-refractivity contribution in [2.24, 2.45) is 0 Å². The molecule has 0 unspecified atom stereocenters. The summed E-state index contributed by atoms with van der Waals surface area (Å²) in [7, 11) is 0. The molecule has 40 heavy (non-hydrogen) atoms. The van der Waals surface area contributed by atoms with E-state index in [1.807, 2.05) is 0 Å². The molecular formula is C25H23Cl4F4N4O2P. The van der Waals surface area contributed by atoms with Gasteiger partial charge in [-0.25, -0.2) is 15.0 Å². The third kappa shape index (κ3) is 10.5. The van der Waals surface area contributed by atoms with E-state index in [1.54, 1.807) is 48.5 Å². The van der Waals surface area contributed by atoms with Crippen molar-refractivity contribution in [2.75, 3.05) is 0 Å². The first kappa shape index (κ1) is 35.5. The van der Waals surface area contributed by atoms with E-state index in [1.165, 1.54) is 0 Å². The highest BCUT2D eigenvalue weighted by atomic mass is 36.0. The van der Waals surface area contributed by atoms with Gasteiger partial charge in [0.15, 0.2) is 10.8 Å². The van der Waals surface area contributed by atoms with E-state index in [-0.39, 0.29) is 12.6 Å². The lowest BCUT2D eigenvalue weighted by molar-refractivity contribution is -0.00684. The van der Waals surface area contributed by atoms with Crippen LogP contribution in [0.2, 0.25) is 5.15 Å². The number of allylic oxidation sites excluding steroid dienone is 2. The van der Waals surface area contributed by atoms with Crippen molar-refractivity contribution in [3.63, 3.8) is 0 Å². The first-order valence-electron chi connectivity index (χ1n) is 10.7. The van der Waals surface area contributed by atoms with Crippen LogP contribution in [-0.4, -0.2) is 19.9 Å². The Morgan fingerprint density at radius 1 is 0.800 bits per heavy atom. The normalized spacial score (nSPS) is 11.4. The summed E-state index contributed by atoms with van der Waals surface area (Å²) < 4.78 is 64.1. The molecule has 0 radical (unpaired) electrons. The number of para-hydroxylation sites is 4. The van der Waals surface area contributed by atoms with Crippen LogP contribution < -0.4 is 5.56 Å². The third-order valence-electron chi connectivity index (χ3n) is 4.62. The van der Waals surface area contributed by atoms with Crippen LogP contribution in [0.4, 0.5) is 17.6 Å². The quantitative estimate of drug-likeness (QED) is 0.126. The molecule has 4 rings (SSSR count). The van der Waals surface area contributed by atoms with Crippen molar-refractivity contribution in [3.8, 4) is 0 Å². The highest BCUT2D eigenvalue weighted by molar-refractivity contribution is 8.24. The molecule has 0 spiro atoms. The van der Waals surface area contributed by atoms with Crippen LogP contribution >= 0.6 is 50.5 Å². The molecule has 0 saturated carbocycles. The van der Waals surface area contributed by atoms with Crippen LogP contribution in [-0.2, 0) is 16.4 Å². The number of nitrogens with one attached hydrogen (secondary N) is 1. The summed E-state index contributed by atoms with van der Waals surface area (Å²) in [5, 5.41) is -3.49. The Kier molecular flexibility index (Phi) is 13.3. The minimum Gasteiger partial charge on any atom is -0.319 e. The molecule has 0 aliphatic rings. The van der Waals surface area contributed by atoms with Crippen LogP contribution in [0.1, 0.15) is 31.7 Å². The average molecular weight is 660 g/mol. The van der Waals surface area contributed by atoms with Crippen LogP contribution in [0.3, 0.4) is 0 Å². The maximum atomic E-state index is 13.7. The molecule has 0 aliphatic carbocycles. The number of hydrogen-bond acceptors (Lipinski definition) is 5. The fourth-order valence-electron chi connectivity index (χ4n) is 3.04. The zero-order chi connectivity index (χ0) is 29.4. The smallest absolute Gasteiger partial charge is 0.319 e. The number of rotatable bonds is 6. The molecular weight excluding hydrogens is 637 g/mol. The molecule has 1 N–H and O–H groups in total. The van der Waals surface area contributed by atoms with E-state index in [4.69, 9.17) is 11.6 Å². The number of aromatic nitrogens is 4. The van der Waals surface area contributed by atoms with Gasteiger partial charge in [0, 0.05) is 12.8 Å². The molecule has 0 aliphatic heterocycles. The topological polar surface area (TPSA) is 88.6 Å². The number of hydrogen-bond donors (Lipinski definition) is 1.